The van der Waals surface area contributed by atoms with Gasteiger partial charge >= 0.3 is 5.97 Å². The molecule has 5 heteroatoms. The molecule has 0 bridgehead atoms. The smallest absolute Gasteiger partial charge is 0.343 e. The molecule has 0 N–H and O–H groups in total. The third-order valence-electron chi connectivity index (χ3n) is 3.97. The molecule has 0 aromatic heterocycles. The number of carbonyl (C=O) groups is 1. The Hall–Kier alpha value is -3.91. The molecule has 28 heavy (non-hydrogen) atoms. The van der Waals surface area contributed by atoms with Gasteiger partial charge in [-0.1, -0.05) is 36.4 Å². The molecule has 0 heterocycles. The van der Waals surface area contributed by atoms with Crippen molar-refractivity contribution in [2.75, 3.05) is 7.11 Å². The van der Waals surface area contributed by atoms with Gasteiger partial charge in [0.15, 0.2) is 0 Å². The van der Waals surface area contributed by atoms with E-state index in [0.717, 1.165) is 0 Å². The first-order chi connectivity index (χ1) is 13.6. The van der Waals surface area contributed by atoms with E-state index >= 15 is 0 Å². The number of methoxy groups -OCH3 is 1. The first-order valence-corrected chi connectivity index (χ1v) is 8.43. The van der Waals surface area contributed by atoms with Crippen molar-refractivity contribution >= 4 is 17.6 Å². The van der Waals surface area contributed by atoms with E-state index in [4.69, 9.17) is 9.47 Å². The number of halogens is 1. The first kappa shape index (κ1) is 18.9. The van der Waals surface area contributed by atoms with Crippen molar-refractivity contribution in [3.63, 3.8) is 0 Å². The Morgan fingerprint density at radius 1 is 1.00 bits per heavy atom. The Balaban J connectivity index is 1.85. The van der Waals surface area contributed by atoms with Gasteiger partial charge in [-0.05, 0) is 48.0 Å². The highest BCUT2D eigenvalue weighted by molar-refractivity contribution is 5.92. The predicted molar refractivity (Wildman–Crippen MR) is 104 cm³/mol. The number of ether oxygens (including phenoxy) is 2. The summed E-state index contributed by atoms with van der Waals surface area (Å²) in [6, 6.07) is 21.4. The van der Waals surface area contributed by atoms with Gasteiger partial charge in [-0.15, -0.1) is 0 Å². The zero-order chi connectivity index (χ0) is 19.9. The number of rotatable bonds is 5. The number of hydrogen-bond acceptors (Lipinski definition) is 4. The zero-order valence-corrected chi connectivity index (χ0v) is 15.1. The molecule has 0 amide bonds. The monoisotopic (exact) mass is 373 g/mol. The van der Waals surface area contributed by atoms with Crippen LogP contribution in [0, 0.1) is 17.1 Å². The summed E-state index contributed by atoms with van der Waals surface area (Å²) in [4.78, 5) is 12.3. The number of esters is 1. The summed E-state index contributed by atoms with van der Waals surface area (Å²) in [5.41, 5.74) is 1.35. The van der Waals surface area contributed by atoms with Crippen LogP contribution < -0.4 is 9.47 Å². The number of carbonyl (C=O) groups excluding carboxylic acids is 1. The van der Waals surface area contributed by atoms with Gasteiger partial charge in [-0.2, -0.15) is 5.26 Å². The van der Waals surface area contributed by atoms with Gasteiger partial charge < -0.3 is 9.47 Å². The van der Waals surface area contributed by atoms with Gasteiger partial charge in [0.25, 0.3) is 0 Å². The van der Waals surface area contributed by atoms with E-state index in [-0.39, 0.29) is 11.1 Å². The van der Waals surface area contributed by atoms with E-state index in [1.807, 2.05) is 6.07 Å². The lowest BCUT2D eigenvalue weighted by atomic mass is 10.0. The zero-order valence-electron chi connectivity index (χ0n) is 15.1. The van der Waals surface area contributed by atoms with Crippen LogP contribution in [0.4, 0.5) is 4.39 Å². The molecule has 0 unspecified atom stereocenters. The summed E-state index contributed by atoms with van der Waals surface area (Å²) in [6.07, 6.45) is 1.54. The second-order valence-corrected chi connectivity index (χ2v) is 5.84. The number of benzene rings is 3. The lowest BCUT2D eigenvalue weighted by Crippen LogP contribution is -2.08. The second-order valence-electron chi connectivity index (χ2n) is 5.84. The van der Waals surface area contributed by atoms with Gasteiger partial charge in [0.05, 0.1) is 24.3 Å². The highest BCUT2D eigenvalue weighted by Crippen LogP contribution is 2.23. The highest BCUT2D eigenvalue weighted by atomic mass is 19.1. The molecule has 0 radical (unpaired) electrons. The molecule has 0 aliphatic rings. The quantitative estimate of drug-likeness (QED) is 0.270. The van der Waals surface area contributed by atoms with Gasteiger partial charge in [0, 0.05) is 5.56 Å². The van der Waals surface area contributed by atoms with Gasteiger partial charge in [-0.25, -0.2) is 9.18 Å². The van der Waals surface area contributed by atoms with Crippen molar-refractivity contribution in [3.05, 3.63) is 95.3 Å². The van der Waals surface area contributed by atoms with E-state index in [1.165, 1.54) is 19.2 Å². The van der Waals surface area contributed by atoms with Crippen molar-refractivity contribution in [3.8, 4) is 17.6 Å². The standard InChI is InChI=1S/C23H16FNO3/c1-27-19-8-5-7-17(14-19)23(26)28-20-9-4-6-16(13-20)12-18(15-25)21-10-2-3-11-22(21)24/h2-14H,1H3/b18-12-. The molecule has 0 saturated carbocycles. The minimum atomic E-state index is -0.533. The molecule has 3 aromatic rings. The third-order valence-corrected chi connectivity index (χ3v) is 3.97. The van der Waals surface area contributed by atoms with Gasteiger partial charge in [0.1, 0.15) is 17.3 Å². The largest absolute Gasteiger partial charge is 0.497 e. The van der Waals surface area contributed by atoms with Crippen LogP contribution in [0.2, 0.25) is 0 Å². The predicted octanol–water partition coefficient (Wildman–Crippen LogP) is 5.12. The highest BCUT2D eigenvalue weighted by Gasteiger charge is 2.11. The molecule has 3 aromatic carbocycles. The summed E-state index contributed by atoms with van der Waals surface area (Å²) >= 11 is 0. The molecule has 0 atom stereocenters. The molecule has 0 spiro atoms. The van der Waals surface area contributed by atoms with Crippen molar-refractivity contribution < 1.29 is 18.7 Å². The average molecular weight is 373 g/mol. The van der Waals surface area contributed by atoms with E-state index in [0.29, 0.717) is 22.6 Å². The maximum Gasteiger partial charge on any atom is 0.343 e. The number of nitriles is 1. The maximum atomic E-state index is 14.0. The topological polar surface area (TPSA) is 59.3 Å². The first-order valence-electron chi connectivity index (χ1n) is 8.43. The Bertz CT molecular complexity index is 1080. The fourth-order valence-corrected chi connectivity index (χ4v) is 2.60. The van der Waals surface area contributed by atoms with Crippen LogP contribution in [0.1, 0.15) is 21.5 Å². The average Bonchev–Trinajstić information content (AvgIpc) is 2.73. The van der Waals surface area contributed by atoms with E-state index in [2.05, 4.69) is 0 Å². The summed E-state index contributed by atoms with van der Waals surface area (Å²) in [5.74, 6) is -0.146. The summed E-state index contributed by atoms with van der Waals surface area (Å²) in [7, 11) is 1.52. The second kappa shape index (κ2) is 8.65. The Morgan fingerprint density at radius 3 is 2.50 bits per heavy atom. The van der Waals surface area contributed by atoms with Crippen molar-refractivity contribution in [2.45, 2.75) is 0 Å². The Morgan fingerprint density at radius 2 is 1.75 bits per heavy atom. The molecule has 0 aliphatic heterocycles. The lowest BCUT2D eigenvalue weighted by Gasteiger charge is -2.07. The summed E-state index contributed by atoms with van der Waals surface area (Å²) < 4.78 is 24.5. The molecular formula is C23H16FNO3. The van der Waals surface area contributed by atoms with E-state index < -0.39 is 11.8 Å². The molecule has 0 saturated heterocycles. The van der Waals surface area contributed by atoms with E-state index in [9.17, 15) is 14.4 Å². The Kier molecular flexibility index (Phi) is 5.83. The molecule has 4 nitrogen and oxygen atoms in total. The molecule has 0 fully saturated rings. The van der Waals surface area contributed by atoms with Crippen LogP contribution in [0.15, 0.2) is 72.8 Å². The normalized spacial score (nSPS) is 10.8. The van der Waals surface area contributed by atoms with E-state index in [1.54, 1.807) is 66.7 Å². The van der Waals surface area contributed by atoms with Crippen LogP contribution in [-0.2, 0) is 0 Å². The van der Waals surface area contributed by atoms with Crippen LogP contribution >= 0.6 is 0 Å². The van der Waals surface area contributed by atoms with Crippen molar-refractivity contribution in [2.24, 2.45) is 0 Å². The van der Waals surface area contributed by atoms with Gasteiger partial charge in [0.2, 0.25) is 0 Å². The molecule has 138 valence electrons. The third kappa shape index (κ3) is 4.43. The van der Waals surface area contributed by atoms with Crippen molar-refractivity contribution in [1.82, 2.24) is 0 Å². The fraction of sp³-hybridized carbons (Fsp3) is 0.0435. The number of hydrogen-bond donors (Lipinski definition) is 0. The van der Waals surface area contributed by atoms with Crippen LogP contribution in [0.25, 0.3) is 11.6 Å². The van der Waals surface area contributed by atoms with Crippen LogP contribution in [-0.4, -0.2) is 13.1 Å². The number of allylic oxidation sites excluding steroid dienone is 1. The van der Waals surface area contributed by atoms with Gasteiger partial charge in [-0.3, -0.25) is 0 Å². The fourth-order valence-electron chi connectivity index (χ4n) is 2.60. The minimum Gasteiger partial charge on any atom is -0.497 e. The van der Waals surface area contributed by atoms with Crippen molar-refractivity contribution in [1.29, 1.82) is 5.26 Å². The summed E-state index contributed by atoms with van der Waals surface area (Å²) in [6.45, 7) is 0. The van der Waals surface area contributed by atoms with Crippen LogP contribution in [0.5, 0.6) is 11.5 Å². The SMILES string of the molecule is COc1cccc(C(=O)Oc2cccc(/C=C(/C#N)c3ccccc3F)c2)c1. The maximum absolute atomic E-state index is 14.0. The minimum absolute atomic E-state index is 0.175. The molecule has 3 rings (SSSR count). The summed E-state index contributed by atoms with van der Waals surface area (Å²) in [5, 5.41) is 9.40. The Labute approximate surface area is 162 Å². The van der Waals surface area contributed by atoms with Crippen LogP contribution in [0.3, 0.4) is 0 Å². The molecule has 0 aliphatic carbocycles. The lowest BCUT2D eigenvalue weighted by molar-refractivity contribution is 0.0734. The number of nitrogens with zero attached hydrogens (tertiary/aromatic N) is 1. The molecular weight excluding hydrogens is 357 g/mol.